The Morgan fingerprint density at radius 1 is 0.829 bits per heavy atom. The third-order valence-corrected chi connectivity index (χ3v) is 7.34. The molecule has 6 rings (SSSR count). The molecule has 1 spiro atoms. The number of carbonyl (C=O) groups is 3. The Morgan fingerprint density at radius 3 is 2.03 bits per heavy atom. The highest BCUT2D eigenvalue weighted by atomic mass is 35.5. The van der Waals surface area contributed by atoms with Crippen molar-refractivity contribution < 1.29 is 19.1 Å². The van der Waals surface area contributed by atoms with Gasteiger partial charge in [-0.3, -0.25) is 9.59 Å². The van der Waals surface area contributed by atoms with Gasteiger partial charge in [-0.05, 0) is 48.4 Å². The minimum atomic E-state index is -1.55. The molecule has 0 saturated carbocycles. The molecule has 2 fully saturated rings. The number of rotatable bonds is 2. The number of ether oxygens (including phenoxy) is 1. The molecule has 4 amide bonds. The van der Waals surface area contributed by atoms with E-state index in [1.54, 1.807) is 54.6 Å². The first kappa shape index (κ1) is 21.8. The van der Waals surface area contributed by atoms with Crippen LogP contribution in [0.15, 0.2) is 78.9 Å². The lowest BCUT2D eigenvalue weighted by atomic mass is 9.67. The summed E-state index contributed by atoms with van der Waals surface area (Å²) in [4.78, 5) is 46.9. The van der Waals surface area contributed by atoms with Gasteiger partial charge in [0.05, 0.1) is 30.6 Å². The lowest BCUT2D eigenvalue weighted by molar-refractivity contribution is -0.145. The zero-order valence-corrected chi connectivity index (χ0v) is 19.5. The van der Waals surface area contributed by atoms with Gasteiger partial charge in [-0.15, -0.1) is 0 Å². The summed E-state index contributed by atoms with van der Waals surface area (Å²) in [7, 11) is 0. The van der Waals surface area contributed by atoms with Crippen LogP contribution in [0.5, 0.6) is 0 Å². The van der Waals surface area contributed by atoms with E-state index in [2.05, 4.69) is 0 Å². The van der Waals surface area contributed by atoms with Crippen LogP contribution in [0.3, 0.4) is 0 Å². The zero-order chi connectivity index (χ0) is 24.2. The van der Waals surface area contributed by atoms with Crippen molar-refractivity contribution in [2.24, 2.45) is 5.41 Å². The minimum absolute atomic E-state index is 0.141. The number of hydrogen-bond donors (Lipinski definition) is 0. The highest BCUT2D eigenvalue weighted by Gasteiger charge is 2.65. The van der Waals surface area contributed by atoms with Crippen LogP contribution < -0.4 is 14.7 Å². The van der Waals surface area contributed by atoms with Crippen LogP contribution in [0.2, 0.25) is 5.02 Å². The number of barbiturate groups is 1. The van der Waals surface area contributed by atoms with Gasteiger partial charge in [-0.25, -0.2) is 14.6 Å². The third kappa shape index (κ3) is 3.19. The number of carbonyl (C=O) groups excluding carboxylic acids is 3. The smallest absolute Gasteiger partial charge is 0.342 e. The molecule has 3 aromatic rings. The third-order valence-electron chi connectivity index (χ3n) is 7.10. The summed E-state index contributed by atoms with van der Waals surface area (Å²) >= 11 is 6.32. The van der Waals surface area contributed by atoms with Gasteiger partial charge >= 0.3 is 6.03 Å². The SMILES string of the molecule is O=C1N(c2ccccc2)C(=O)C2(Cc3ccc(Cl)cc3N3CCOC[C@@H]32)C(=O)N1c1ccccc1. The van der Waals surface area contributed by atoms with Crippen molar-refractivity contribution in [1.29, 1.82) is 0 Å². The molecule has 3 aliphatic rings. The maximum absolute atomic E-state index is 14.4. The predicted octanol–water partition coefficient (Wildman–Crippen LogP) is 4.29. The maximum atomic E-state index is 14.4. The minimum Gasteiger partial charge on any atom is -0.377 e. The number of halogens is 1. The van der Waals surface area contributed by atoms with Gasteiger partial charge in [-0.2, -0.15) is 0 Å². The van der Waals surface area contributed by atoms with Crippen LogP contribution in [0.25, 0.3) is 0 Å². The van der Waals surface area contributed by atoms with Crippen molar-refractivity contribution in [2.45, 2.75) is 12.5 Å². The number of nitrogens with zero attached hydrogens (tertiary/aromatic N) is 3. The van der Waals surface area contributed by atoms with Crippen LogP contribution in [0, 0.1) is 5.41 Å². The summed E-state index contributed by atoms with van der Waals surface area (Å²) in [6.45, 7) is 1.15. The molecule has 0 aromatic heterocycles. The molecule has 0 N–H and O–H groups in total. The van der Waals surface area contributed by atoms with Crippen LogP contribution >= 0.6 is 11.6 Å². The van der Waals surface area contributed by atoms with E-state index < -0.39 is 29.3 Å². The van der Waals surface area contributed by atoms with Crippen molar-refractivity contribution >= 4 is 46.5 Å². The number of hydrogen-bond acceptors (Lipinski definition) is 5. The first-order chi connectivity index (χ1) is 17.0. The molecule has 35 heavy (non-hydrogen) atoms. The fraction of sp³-hybridized carbons (Fsp3) is 0.222. The topological polar surface area (TPSA) is 70.2 Å². The average molecular weight is 488 g/mol. The fourth-order valence-electron chi connectivity index (χ4n) is 5.48. The zero-order valence-electron chi connectivity index (χ0n) is 18.8. The molecule has 7 nitrogen and oxygen atoms in total. The maximum Gasteiger partial charge on any atom is 0.342 e. The van der Waals surface area contributed by atoms with E-state index in [9.17, 15) is 14.4 Å². The van der Waals surface area contributed by atoms with Crippen molar-refractivity contribution in [3.63, 3.8) is 0 Å². The fourth-order valence-corrected chi connectivity index (χ4v) is 5.65. The Kier molecular flexibility index (Phi) is 5.12. The van der Waals surface area contributed by atoms with Crippen molar-refractivity contribution in [3.05, 3.63) is 89.4 Å². The summed E-state index contributed by atoms with van der Waals surface area (Å²) < 4.78 is 5.82. The summed E-state index contributed by atoms with van der Waals surface area (Å²) in [5, 5.41) is 0.582. The van der Waals surface area contributed by atoms with Gasteiger partial charge in [0.2, 0.25) is 0 Å². The molecule has 3 aromatic carbocycles. The lowest BCUT2D eigenvalue weighted by Gasteiger charge is -2.54. The van der Waals surface area contributed by atoms with Gasteiger partial charge in [-0.1, -0.05) is 54.1 Å². The van der Waals surface area contributed by atoms with Crippen molar-refractivity contribution in [1.82, 2.24) is 0 Å². The Bertz CT molecular complexity index is 1270. The van der Waals surface area contributed by atoms with Gasteiger partial charge < -0.3 is 9.64 Å². The molecule has 0 bridgehead atoms. The summed E-state index contributed by atoms with van der Waals surface area (Å²) in [5.74, 6) is -1.07. The first-order valence-corrected chi connectivity index (χ1v) is 11.9. The average Bonchev–Trinajstić information content (AvgIpc) is 2.89. The van der Waals surface area contributed by atoms with Gasteiger partial charge in [0, 0.05) is 17.3 Å². The van der Waals surface area contributed by atoms with E-state index >= 15 is 0 Å². The molecule has 3 aliphatic heterocycles. The van der Waals surface area contributed by atoms with E-state index in [0.29, 0.717) is 29.5 Å². The Labute approximate surface area is 207 Å². The lowest BCUT2D eigenvalue weighted by Crippen LogP contribution is -2.75. The predicted molar refractivity (Wildman–Crippen MR) is 133 cm³/mol. The van der Waals surface area contributed by atoms with Crippen LogP contribution in [0.1, 0.15) is 5.56 Å². The molecular weight excluding hydrogens is 466 g/mol. The number of urea groups is 1. The molecule has 3 heterocycles. The number of para-hydroxylation sites is 2. The molecule has 0 aliphatic carbocycles. The van der Waals surface area contributed by atoms with Gasteiger partial charge in [0.25, 0.3) is 11.8 Å². The monoisotopic (exact) mass is 487 g/mol. The molecule has 8 heteroatoms. The second kappa shape index (κ2) is 8.22. The quantitative estimate of drug-likeness (QED) is 0.504. The van der Waals surface area contributed by atoms with E-state index in [4.69, 9.17) is 16.3 Å². The molecular formula is C27H22ClN3O4. The number of morpholine rings is 1. The van der Waals surface area contributed by atoms with Gasteiger partial charge in [0.15, 0.2) is 5.41 Å². The van der Waals surface area contributed by atoms with Crippen LogP contribution in [0.4, 0.5) is 21.9 Å². The molecule has 2 saturated heterocycles. The Balaban J connectivity index is 1.59. The number of benzene rings is 3. The standard InChI is InChI=1S/C27H22ClN3O4/c28-19-12-11-18-16-27(23-17-35-14-13-29(23)22(18)15-19)24(32)30(20-7-3-1-4-8-20)26(34)31(25(27)33)21-9-5-2-6-10-21/h1-12,15,23H,13-14,16-17H2/t23-/m1/s1. The number of amides is 4. The largest absolute Gasteiger partial charge is 0.377 e. The number of fused-ring (bicyclic) bond motifs is 4. The molecule has 176 valence electrons. The Morgan fingerprint density at radius 2 is 1.43 bits per heavy atom. The Hall–Kier alpha value is -3.68. The highest BCUT2D eigenvalue weighted by Crippen LogP contribution is 2.48. The number of imide groups is 2. The van der Waals surface area contributed by atoms with E-state index in [-0.39, 0.29) is 13.0 Å². The molecule has 0 unspecified atom stereocenters. The van der Waals surface area contributed by atoms with Crippen molar-refractivity contribution in [3.8, 4) is 0 Å². The van der Waals surface area contributed by atoms with E-state index in [0.717, 1.165) is 21.1 Å². The normalized spacial score (nSPS) is 21.2. The summed E-state index contributed by atoms with van der Waals surface area (Å²) in [6.07, 6.45) is 0.141. The molecule has 1 atom stereocenters. The first-order valence-electron chi connectivity index (χ1n) is 11.5. The van der Waals surface area contributed by atoms with Crippen molar-refractivity contribution in [2.75, 3.05) is 34.5 Å². The summed E-state index contributed by atoms with van der Waals surface area (Å²) in [5.41, 5.74) is 1.01. The second-order valence-corrected chi connectivity index (χ2v) is 9.38. The van der Waals surface area contributed by atoms with Crippen LogP contribution in [-0.4, -0.2) is 43.6 Å². The van der Waals surface area contributed by atoms with Crippen LogP contribution in [-0.2, 0) is 20.7 Å². The second-order valence-electron chi connectivity index (χ2n) is 8.94. The van der Waals surface area contributed by atoms with Gasteiger partial charge in [0.1, 0.15) is 0 Å². The summed E-state index contributed by atoms with van der Waals surface area (Å²) in [6, 6.07) is 21.7. The number of anilines is 3. The molecule has 0 radical (unpaired) electrons. The highest BCUT2D eigenvalue weighted by molar-refractivity contribution is 6.39. The van der Waals surface area contributed by atoms with E-state index in [1.165, 1.54) is 0 Å². The van der Waals surface area contributed by atoms with E-state index in [1.807, 2.05) is 29.2 Å².